The summed E-state index contributed by atoms with van der Waals surface area (Å²) >= 11 is 0. The van der Waals surface area contributed by atoms with Gasteiger partial charge in [0.25, 0.3) is 0 Å². The monoisotopic (exact) mass is 342 g/mol. The molecule has 0 fully saturated rings. The number of hydrogen-bond acceptors (Lipinski definition) is 2. The van der Waals surface area contributed by atoms with E-state index in [1.165, 1.54) is 6.07 Å². The number of aromatic hydroxyl groups is 1. The summed E-state index contributed by atoms with van der Waals surface area (Å²) in [6.45, 7) is 0.188. The van der Waals surface area contributed by atoms with Gasteiger partial charge in [-0.2, -0.15) is 0 Å². The van der Waals surface area contributed by atoms with Gasteiger partial charge in [0, 0.05) is 28.4 Å². The second-order valence-corrected chi connectivity index (χ2v) is 6.14. The van der Waals surface area contributed by atoms with Crippen LogP contribution >= 0.6 is 0 Å². The molecule has 4 heteroatoms. The first-order valence-corrected chi connectivity index (χ1v) is 8.43. The molecule has 0 bridgehead atoms. The topological polar surface area (TPSA) is 54.3 Å². The number of phenolic OH excluding ortho intramolecular Hbond substituents is 1. The van der Waals surface area contributed by atoms with E-state index in [1.807, 2.05) is 59.2 Å². The Bertz CT molecular complexity index is 1070. The predicted molar refractivity (Wildman–Crippen MR) is 104 cm³/mol. The van der Waals surface area contributed by atoms with E-state index in [1.54, 1.807) is 18.2 Å². The van der Waals surface area contributed by atoms with Crippen LogP contribution in [0.4, 0.5) is 5.69 Å². The van der Waals surface area contributed by atoms with Crippen molar-refractivity contribution in [3.05, 3.63) is 84.9 Å². The summed E-state index contributed by atoms with van der Waals surface area (Å²) in [5, 5.41) is 13.5. The molecular formula is C22H18N2O2. The first-order valence-electron chi connectivity index (χ1n) is 8.43. The van der Waals surface area contributed by atoms with Crippen LogP contribution in [-0.2, 0) is 11.3 Å². The van der Waals surface area contributed by atoms with Gasteiger partial charge in [0.15, 0.2) is 0 Å². The molecule has 4 rings (SSSR count). The standard InChI is InChI=1S/C22H18N2O2/c25-19-11-6-10-18(14-19)23-22(26)15-24-20-12-5-4-9-17(20)13-21(24)16-7-2-1-3-8-16/h1-14,25H,15H2,(H,23,26). The highest BCUT2D eigenvalue weighted by Gasteiger charge is 2.13. The van der Waals surface area contributed by atoms with E-state index in [9.17, 15) is 9.90 Å². The lowest BCUT2D eigenvalue weighted by Gasteiger charge is -2.12. The van der Waals surface area contributed by atoms with Crippen molar-refractivity contribution in [2.45, 2.75) is 6.54 Å². The third-order valence-electron chi connectivity index (χ3n) is 4.31. The Morgan fingerprint density at radius 1 is 0.885 bits per heavy atom. The third kappa shape index (κ3) is 3.17. The Morgan fingerprint density at radius 2 is 1.65 bits per heavy atom. The summed E-state index contributed by atoms with van der Waals surface area (Å²) in [7, 11) is 0. The number of para-hydroxylation sites is 1. The molecule has 0 saturated carbocycles. The van der Waals surface area contributed by atoms with Crippen molar-refractivity contribution in [2.24, 2.45) is 0 Å². The zero-order chi connectivity index (χ0) is 17.9. The normalized spacial score (nSPS) is 10.8. The SMILES string of the molecule is O=C(Cn1c(-c2ccccc2)cc2ccccc21)Nc1cccc(O)c1. The van der Waals surface area contributed by atoms with Crippen molar-refractivity contribution in [3.8, 4) is 17.0 Å². The van der Waals surface area contributed by atoms with Crippen molar-refractivity contribution in [1.82, 2.24) is 4.57 Å². The maximum Gasteiger partial charge on any atom is 0.244 e. The average molecular weight is 342 g/mol. The lowest BCUT2D eigenvalue weighted by Crippen LogP contribution is -2.19. The van der Waals surface area contributed by atoms with Crippen molar-refractivity contribution >= 4 is 22.5 Å². The minimum Gasteiger partial charge on any atom is -0.508 e. The van der Waals surface area contributed by atoms with E-state index in [-0.39, 0.29) is 18.2 Å². The third-order valence-corrected chi connectivity index (χ3v) is 4.31. The van der Waals surface area contributed by atoms with Crippen LogP contribution in [0.25, 0.3) is 22.2 Å². The Kier molecular flexibility index (Phi) is 4.15. The maximum absolute atomic E-state index is 12.6. The molecule has 2 N–H and O–H groups in total. The van der Waals surface area contributed by atoms with E-state index in [0.717, 1.165) is 22.2 Å². The van der Waals surface area contributed by atoms with Crippen LogP contribution in [0, 0.1) is 0 Å². The van der Waals surface area contributed by atoms with Gasteiger partial charge in [-0.05, 0) is 29.8 Å². The molecule has 128 valence electrons. The second kappa shape index (κ2) is 6.76. The van der Waals surface area contributed by atoms with E-state index < -0.39 is 0 Å². The number of phenols is 1. The van der Waals surface area contributed by atoms with Gasteiger partial charge in [-0.25, -0.2) is 0 Å². The molecule has 4 aromatic rings. The molecule has 0 saturated heterocycles. The van der Waals surface area contributed by atoms with Gasteiger partial charge in [0.2, 0.25) is 5.91 Å². The summed E-state index contributed by atoms with van der Waals surface area (Å²) in [5.74, 6) is -0.0201. The lowest BCUT2D eigenvalue weighted by molar-refractivity contribution is -0.116. The summed E-state index contributed by atoms with van der Waals surface area (Å²) in [4.78, 5) is 12.6. The van der Waals surface area contributed by atoms with Crippen LogP contribution in [0.3, 0.4) is 0 Å². The highest BCUT2D eigenvalue weighted by molar-refractivity contribution is 5.94. The minimum atomic E-state index is -0.144. The van der Waals surface area contributed by atoms with Crippen LogP contribution in [0.5, 0.6) is 5.75 Å². The maximum atomic E-state index is 12.6. The number of amides is 1. The number of fused-ring (bicyclic) bond motifs is 1. The molecule has 4 nitrogen and oxygen atoms in total. The van der Waals surface area contributed by atoms with Crippen LogP contribution in [0.2, 0.25) is 0 Å². The molecule has 1 amide bonds. The Morgan fingerprint density at radius 3 is 2.46 bits per heavy atom. The number of carbonyl (C=O) groups is 1. The number of nitrogens with one attached hydrogen (secondary N) is 1. The summed E-state index contributed by atoms with van der Waals surface area (Å²) in [6, 6.07) is 26.7. The molecule has 0 unspecified atom stereocenters. The smallest absolute Gasteiger partial charge is 0.244 e. The fourth-order valence-corrected chi connectivity index (χ4v) is 3.16. The second-order valence-electron chi connectivity index (χ2n) is 6.14. The molecule has 26 heavy (non-hydrogen) atoms. The predicted octanol–water partition coefficient (Wildman–Crippen LogP) is 4.65. The van der Waals surface area contributed by atoms with E-state index in [4.69, 9.17) is 0 Å². The van der Waals surface area contributed by atoms with Crippen molar-refractivity contribution in [2.75, 3.05) is 5.32 Å². The fourth-order valence-electron chi connectivity index (χ4n) is 3.16. The van der Waals surface area contributed by atoms with Crippen LogP contribution in [-0.4, -0.2) is 15.6 Å². The fraction of sp³-hybridized carbons (Fsp3) is 0.0455. The number of benzene rings is 3. The highest BCUT2D eigenvalue weighted by Crippen LogP contribution is 2.28. The van der Waals surface area contributed by atoms with Crippen molar-refractivity contribution in [1.29, 1.82) is 0 Å². The van der Waals surface area contributed by atoms with Gasteiger partial charge in [-0.15, -0.1) is 0 Å². The zero-order valence-electron chi connectivity index (χ0n) is 14.1. The number of nitrogens with zero attached hydrogens (tertiary/aromatic N) is 1. The zero-order valence-corrected chi connectivity index (χ0v) is 14.1. The summed E-state index contributed by atoms with van der Waals surface area (Å²) in [5.41, 5.74) is 3.65. The molecule has 0 radical (unpaired) electrons. The van der Waals surface area contributed by atoms with Gasteiger partial charge < -0.3 is 15.0 Å². The molecule has 0 spiro atoms. The van der Waals surface area contributed by atoms with Gasteiger partial charge in [0.1, 0.15) is 12.3 Å². The van der Waals surface area contributed by atoms with Crippen LogP contribution in [0.1, 0.15) is 0 Å². The molecule has 1 aromatic heterocycles. The highest BCUT2D eigenvalue weighted by atomic mass is 16.3. The lowest BCUT2D eigenvalue weighted by atomic mass is 10.1. The number of rotatable bonds is 4. The largest absolute Gasteiger partial charge is 0.508 e. The Balaban J connectivity index is 1.70. The molecule has 1 heterocycles. The molecular weight excluding hydrogens is 324 g/mol. The quantitative estimate of drug-likeness (QED) is 0.567. The van der Waals surface area contributed by atoms with Crippen molar-refractivity contribution in [3.63, 3.8) is 0 Å². The van der Waals surface area contributed by atoms with E-state index in [0.29, 0.717) is 5.69 Å². The van der Waals surface area contributed by atoms with Gasteiger partial charge >= 0.3 is 0 Å². The van der Waals surface area contributed by atoms with Gasteiger partial charge in [0.05, 0.1) is 0 Å². The molecule has 0 aliphatic rings. The minimum absolute atomic E-state index is 0.124. The average Bonchev–Trinajstić information content (AvgIpc) is 3.01. The summed E-state index contributed by atoms with van der Waals surface area (Å²) in [6.07, 6.45) is 0. The van der Waals surface area contributed by atoms with E-state index >= 15 is 0 Å². The molecule has 0 aliphatic heterocycles. The van der Waals surface area contributed by atoms with E-state index in [2.05, 4.69) is 11.4 Å². The summed E-state index contributed by atoms with van der Waals surface area (Å²) < 4.78 is 2.02. The Labute approximate surface area is 151 Å². The molecule has 0 atom stereocenters. The number of aromatic nitrogens is 1. The van der Waals surface area contributed by atoms with Gasteiger partial charge in [-0.1, -0.05) is 54.6 Å². The number of carbonyl (C=O) groups excluding carboxylic acids is 1. The van der Waals surface area contributed by atoms with Gasteiger partial charge in [-0.3, -0.25) is 4.79 Å². The first kappa shape index (κ1) is 16.0. The number of hydrogen-bond donors (Lipinski definition) is 2. The van der Waals surface area contributed by atoms with Crippen molar-refractivity contribution < 1.29 is 9.90 Å². The number of anilines is 1. The van der Waals surface area contributed by atoms with Crippen LogP contribution in [0.15, 0.2) is 84.9 Å². The van der Waals surface area contributed by atoms with Crippen LogP contribution < -0.4 is 5.32 Å². The first-order chi connectivity index (χ1) is 12.7. The molecule has 0 aliphatic carbocycles. The Hall–Kier alpha value is -3.53. The molecule has 3 aromatic carbocycles.